The highest BCUT2D eigenvalue weighted by Crippen LogP contribution is 2.21. The molecule has 0 saturated heterocycles. The molecule has 0 saturated carbocycles. The molecule has 1 aromatic heterocycles. The second-order valence-corrected chi connectivity index (χ2v) is 2.66. The SMILES string of the molecule is Oc1nc(Br)ccc1Cl. The van der Waals surface area contributed by atoms with E-state index in [4.69, 9.17) is 16.7 Å². The second-order valence-electron chi connectivity index (χ2n) is 1.44. The normalized spacial score (nSPS) is 9.56. The molecule has 0 aliphatic rings. The number of pyridine rings is 1. The lowest BCUT2D eigenvalue weighted by Crippen LogP contribution is -1.75. The van der Waals surface area contributed by atoms with Crippen LogP contribution >= 0.6 is 27.5 Å². The Balaban J connectivity index is 3.17. The number of hydrogen-bond donors (Lipinski definition) is 1. The summed E-state index contributed by atoms with van der Waals surface area (Å²) in [5, 5.41) is 9.09. The molecule has 0 aliphatic heterocycles. The number of nitrogens with zero attached hydrogens (tertiary/aromatic N) is 1. The van der Waals surface area contributed by atoms with Crippen LogP contribution in [0.15, 0.2) is 16.7 Å². The Morgan fingerprint density at radius 2 is 2.22 bits per heavy atom. The van der Waals surface area contributed by atoms with Crippen LogP contribution in [-0.2, 0) is 0 Å². The van der Waals surface area contributed by atoms with Crippen LogP contribution in [0.25, 0.3) is 0 Å². The van der Waals surface area contributed by atoms with Gasteiger partial charge in [-0.2, -0.15) is 0 Å². The summed E-state index contributed by atoms with van der Waals surface area (Å²) in [6, 6.07) is 3.22. The molecule has 1 rings (SSSR count). The van der Waals surface area contributed by atoms with Gasteiger partial charge in [-0.3, -0.25) is 0 Å². The smallest absolute Gasteiger partial charge is 0.231 e. The van der Waals surface area contributed by atoms with Gasteiger partial charge in [-0.05, 0) is 28.1 Å². The first-order valence-corrected chi connectivity index (χ1v) is 3.38. The van der Waals surface area contributed by atoms with Gasteiger partial charge in [0.1, 0.15) is 9.63 Å². The molecule has 4 heteroatoms. The van der Waals surface area contributed by atoms with Gasteiger partial charge in [-0.15, -0.1) is 0 Å². The van der Waals surface area contributed by atoms with Crippen molar-refractivity contribution < 1.29 is 5.11 Å². The van der Waals surface area contributed by atoms with Crippen molar-refractivity contribution in [2.45, 2.75) is 0 Å². The maximum Gasteiger partial charge on any atom is 0.231 e. The number of aromatic nitrogens is 1. The summed E-state index contributed by atoms with van der Waals surface area (Å²) in [5.41, 5.74) is 0. The Bertz CT molecular complexity index is 228. The average Bonchev–Trinajstić information content (AvgIpc) is 1.80. The van der Waals surface area contributed by atoms with E-state index < -0.39 is 0 Å². The van der Waals surface area contributed by atoms with E-state index in [1.165, 1.54) is 0 Å². The maximum atomic E-state index is 8.83. The highest BCUT2D eigenvalue weighted by Gasteiger charge is 1.97. The first-order valence-electron chi connectivity index (χ1n) is 2.21. The van der Waals surface area contributed by atoms with Crippen molar-refractivity contribution in [3.63, 3.8) is 0 Å². The summed E-state index contributed by atoms with van der Waals surface area (Å²) in [7, 11) is 0. The largest absolute Gasteiger partial charge is 0.492 e. The molecule has 1 aromatic rings. The number of rotatable bonds is 0. The van der Waals surface area contributed by atoms with E-state index in [2.05, 4.69) is 20.9 Å². The third-order valence-corrected chi connectivity index (χ3v) is 1.53. The van der Waals surface area contributed by atoms with Gasteiger partial charge in [-0.25, -0.2) is 4.98 Å². The topological polar surface area (TPSA) is 33.1 Å². The maximum absolute atomic E-state index is 8.83. The van der Waals surface area contributed by atoms with E-state index in [0.29, 0.717) is 4.60 Å². The lowest BCUT2D eigenvalue weighted by atomic mass is 10.5. The quantitative estimate of drug-likeness (QED) is 0.663. The van der Waals surface area contributed by atoms with Crippen LogP contribution in [0.1, 0.15) is 0 Å². The predicted octanol–water partition coefficient (Wildman–Crippen LogP) is 2.20. The van der Waals surface area contributed by atoms with E-state index in [0.717, 1.165) is 0 Å². The Hall–Kier alpha value is -0.280. The minimum Gasteiger partial charge on any atom is -0.492 e. The number of hydrogen-bond acceptors (Lipinski definition) is 2. The van der Waals surface area contributed by atoms with Crippen LogP contribution in [0, 0.1) is 0 Å². The van der Waals surface area contributed by atoms with Crippen molar-refractivity contribution in [1.82, 2.24) is 4.98 Å². The fraction of sp³-hybridized carbons (Fsp3) is 0. The molecule has 1 heterocycles. The first kappa shape index (κ1) is 6.83. The van der Waals surface area contributed by atoms with Gasteiger partial charge in [0.25, 0.3) is 0 Å². The summed E-state index contributed by atoms with van der Waals surface area (Å²) in [5.74, 6) is -0.147. The van der Waals surface area contributed by atoms with Crippen molar-refractivity contribution in [3.8, 4) is 5.88 Å². The lowest BCUT2D eigenvalue weighted by Gasteiger charge is -1.92. The second kappa shape index (κ2) is 2.54. The van der Waals surface area contributed by atoms with Crippen LogP contribution in [0.2, 0.25) is 5.02 Å². The van der Waals surface area contributed by atoms with Gasteiger partial charge in [0.15, 0.2) is 0 Å². The molecule has 0 spiro atoms. The van der Waals surface area contributed by atoms with E-state index in [1.54, 1.807) is 12.1 Å². The molecule has 0 bridgehead atoms. The molecule has 9 heavy (non-hydrogen) atoms. The van der Waals surface area contributed by atoms with Crippen molar-refractivity contribution in [2.24, 2.45) is 0 Å². The zero-order chi connectivity index (χ0) is 6.85. The molecule has 2 nitrogen and oxygen atoms in total. The average molecular weight is 208 g/mol. The van der Waals surface area contributed by atoms with Crippen LogP contribution in [0.4, 0.5) is 0 Å². The fourth-order valence-corrected chi connectivity index (χ4v) is 0.814. The highest BCUT2D eigenvalue weighted by molar-refractivity contribution is 9.10. The molecular formula is C5H3BrClNO. The minimum absolute atomic E-state index is 0.147. The van der Waals surface area contributed by atoms with Crippen molar-refractivity contribution >= 4 is 27.5 Å². The Kier molecular flexibility index (Phi) is 1.93. The molecule has 0 unspecified atom stereocenters. The van der Waals surface area contributed by atoms with Gasteiger partial charge >= 0.3 is 0 Å². The van der Waals surface area contributed by atoms with E-state index in [9.17, 15) is 0 Å². The van der Waals surface area contributed by atoms with E-state index in [-0.39, 0.29) is 10.9 Å². The molecule has 0 amide bonds. The van der Waals surface area contributed by atoms with Crippen LogP contribution in [0.5, 0.6) is 5.88 Å². The highest BCUT2D eigenvalue weighted by atomic mass is 79.9. The molecule has 48 valence electrons. The molecule has 0 atom stereocenters. The summed E-state index contributed by atoms with van der Waals surface area (Å²) in [6.07, 6.45) is 0. The van der Waals surface area contributed by atoms with Gasteiger partial charge in [0.2, 0.25) is 5.88 Å². The minimum atomic E-state index is -0.147. The third kappa shape index (κ3) is 1.56. The molecule has 0 fully saturated rings. The summed E-state index contributed by atoms with van der Waals surface area (Å²) in [6.45, 7) is 0. The lowest BCUT2D eigenvalue weighted by molar-refractivity contribution is 0.452. The number of halogens is 2. The monoisotopic (exact) mass is 207 g/mol. The van der Waals surface area contributed by atoms with Crippen molar-refractivity contribution in [2.75, 3.05) is 0 Å². The summed E-state index contributed by atoms with van der Waals surface area (Å²) >= 11 is 8.51. The van der Waals surface area contributed by atoms with Crippen LogP contribution in [0.3, 0.4) is 0 Å². The molecular weight excluding hydrogens is 205 g/mol. The standard InChI is InChI=1S/C5H3BrClNO/c6-4-2-1-3(7)5(9)8-4/h1-2H,(H,8,9). The predicted molar refractivity (Wildman–Crippen MR) is 38.6 cm³/mol. The third-order valence-electron chi connectivity index (χ3n) is 0.794. The van der Waals surface area contributed by atoms with Gasteiger partial charge in [-0.1, -0.05) is 11.6 Å². The van der Waals surface area contributed by atoms with Gasteiger partial charge in [0.05, 0.1) is 0 Å². The fourth-order valence-electron chi connectivity index (χ4n) is 0.408. The van der Waals surface area contributed by atoms with Gasteiger partial charge < -0.3 is 5.11 Å². The van der Waals surface area contributed by atoms with Crippen LogP contribution < -0.4 is 0 Å². The molecule has 0 aromatic carbocycles. The van der Waals surface area contributed by atoms with Gasteiger partial charge in [0, 0.05) is 0 Å². The summed E-state index contributed by atoms with van der Waals surface area (Å²) < 4.78 is 0.574. The van der Waals surface area contributed by atoms with Crippen molar-refractivity contribution in [1.29, 1.82) is 0 Å². The van der Waals surface area contributed by atoms with E-state index in [1.807, 2.05) is 0 Å². The van der Waals surface area contributed by atoms with E-state index >= 15 is 0 Å². The van der Waals surface area contributed by atoms with Crippen LogP contribution in [-0.4, -0.2) is 10.1 Å². The summed E-state index contributed by atoms with van der Waals surface area (Å²) in [4.78, 5) is 3.61. The Morgan fingerprint density at radius 3 is 2.67 bits per heavy atom. The molecule has 0 aliphatic carbocycles. The first-order chi connectivity index (χ1) is 4.20. The molecule has 1 N–H and O–H groups in total. The zero-order valence-electron chi connectivity index (χ0n) is 4.31. The molecule has 0 radical (unpaired) electrons. The van der Waals surface area contributed by atoms with Crippen molar-refractivity contribution in [3.05, 3.63) is 21.8 Å². The zero-order valence-corrected chi connectivity index (χ0v) is 6.65. The Morgan fingerprint density at radius 1 is 1.56 bits per heavy atom. The Labute approximate surface area is 65.6 Å². The number of aromatic hydroxyl groups is 1.